The second-order valence-corrected chi connectivity index (χ2v) is 5.68. The van der Waals surface area contributed by atoms with Crippen molar-refractivity contribution in [3.8, 4) is 5.69 Å². The number of rotatable bonds is 6. The molecule has 0 aliphatic rings. The molecule has 1 heterocycles. The Balaban J connectivity index is 1.65. The summed E-state index contributed by atoms with van der Waals surface area (Å²) in [5, 5.41) is 13.1. The van der Waals surface area contributed by atoms with Crippen molar-refractivity contribution in [3.63, 3.8) is 0 Å². The molecular weight excluding hydrogens is 382 g/mol. The van der Waals surface area contributed by atoms with E-state index in [0.29, 0.717) is 11.3 Å². The number of amides is 1. The highest BCUT2D eigenvalue weighted by Gasteiger charge is 2.27. The predicted octanol–water partition coefficient (Wildman–Crippen LogP) is 3.13. The Morgan fingerprint density at radius 2 is 1.89 bits per heavy atom. The third-order valence-electron chi connectivity index (χ3n) is 3.56. The molecule has 28 heavy (non-hydrogen) atoms. The topological polar surface area (TPSA) is 81.9 Å². The van der Waals surface area contributed by atoms with Crippen molar-refractivity contribution >= 4 is 11.6 Å². The molecule has 0 radical (unpaired) electrons. The molecule has 0 bridgehead atoms. The first-order valence-corrected chi connectivity index (χ1v) is 7.89. The van der Waals surface area contributed by atoms with E-state index in [0.717, 1.165) is 6.07 Å². The van der Waals surface area contributed by atoms with Crippen LogP contribution >= 0.6 is 0 Å². The number of alkyl halides is 3. The van der Waals surface area contributed by atoms with E-state index in [1.807, 2.05) is 0 Å². The molecular formula is C17H13F4N5O2. The summed E-state index contributed by atoms with van der Waals surface area (Å²) in [4.78, 5) is 12.3. The molecule has 2 aromatic carbocycles. The maximum atomic E-state index is 14.0. The average Bonchev–Trinajstić information content (AvgIpc) is 3.18. The van der Waals surface area contributed by atoms with Gasteiger partial charge in [-0.15, -0.1) is 5.10 Å². The highest BCUT2D eigenvalue weighted by molar-refractivity contribution is 6.04. The van der Waals surface area contributed by atoms with Gasteiger partial charge in [-0.2, -0.15) is 13.2 Å². The molecule has 3 aromatic rings. The molecule has 1 aromatic heterocycles. The van der Waals surface area contributed by atoms with Gasteiger partial charge in [0.25, 0.3) is 5.91 Å². The summed E-state index contributed by atoms with van der Waals surface area (Å²) in [6.45, 7) is -1.60. The number of tetrazole rings is 1. The zero-order valence-electron chi connectivity index (χ0n) is 14.2. The lowest BCUT2D eigenvalue weighted by Crippen LogP contribution is -2.16. The molecule has 146 valence electrons. The normalized spacial score (nSPS) is 11.4. The van der Waals surface area contributed by atoms with Crippen LogP contribution in [0.3, 0.4) is 0 Å². The Kier molecular flexibility index (Phi) is 5.64. The van der Waals surface area contributed by atoms with E-state index in [1.165, 1.54) is 47.4 Å². The lowest BCUT2D eigenvalue weighted by atomic mass is 10.1. The van der Waals surface area contributed by atoms with Crippen molar-refractivity contribution in [2.24, 2.45) is 0 Å². The monoisotopic (exact) mass is 395 g/mol. The van der Waals surface area contributed by atoms with Gasteiger partial charge in [0.05, 0.1) is 18.0 Å². The van der Waals surface area contributed by atoms with Crippen LogP contribution in [0, 0.1) is 5.82 Å². The van der Waals surface area contributed by atoms with E-state index < -0.39 is 24.5 Å². The fourth-order valence-electron chi connectivity index (χ4n) is 2.26. The van der Waals surface area contributed by atoms with Crippen LogP contribution in [-0.2, 0) is 11.3 Å². The van der Waals surface area contributed by atoms with Crippen molar-refractivity contribution < 1.29 is 27.1 Å². The maximum Gasteiger partial charge on any atom is 0.411 e. The molecule has 0 atom stereocenters. The zero-order valence-corrected chi connectivity index (χ0v) is 14.2. The van der Waals surface area contributed by atoms with Gasteiger partial charge in [-0.1, -0.05) is 12.1 Å². The van der Waals surface area contributed by atoms with Crippen molar-refractivity contribution in [2.45, 2.75) is 12.8 Å². The molecule has 1 amide bonds. The smallest absolute Gasteiger partial charge is 0.367 e. The number of aromatic nitrogens is 4. The molecule has 11 heteroatoms. The number of carbonyl (C=O) groups is 1. The minimum absolute atomic E-state index is 0.0735. The molecule has 0 saturated carbocycles. The van der Waals surface area contributed by atoms with Crippen molar-refractivity contribution in [3.05, 3.63) is 65.7 Å². The van der Waals surface area contributed by atoms with E-state index in [9.17, 15) is 22.4 Å². The van der Waals surface area contributed by atoms with E-state index in [-0.39, 0.29) is 17.9 Å². The second kappa shape index (κ2) is 8.13. The van der Waals surface area contributed by atoms with E-state index in [2.05, 4.69) is 25.6 Å². The molecule has 0 aliphatic carbocycles. The Bertz CT molecular complexity index is 943. The Labute approximate surface area is 155 Å². The van der Waals surface area contributed by atoms with Crippen LogP contribution in [0.2, 0.25) is 0 Å². The van der Waals surface area contributed by atoms with Crippen LogP contribution in [0.15, 0.2) is 48.8 Å². The van der Waals surface area contributed by atoms with Crippen LogP contribution in [0.5, 0.6) is 0 Å². The first kappa shape index (κ1) is 19.4. The van der Waals surface area contributed by atoms with Crippen molar-refractivity contribution in [2.75, 3.05) is 11.9 Å². The number of hydrogen-bond donors (Lipinski definition) is 1. The fourth-order valence-corrected chi connectivity index (χ4v) is 2.26. The van der Waals surface area contributed by atoms with Gasteiger partial charge in [0.15, 0.2) is 0 Å². The number of benzene rings is 2. The number of hydrogen-bond acceptors (Lipinski definition) is 5. The second-order valence-electron chi connectivity index (χ2n) is 5.68. The fraction of sp³-hybridized carbons (Fsp3) is 0.176. The highest BCUT2D eigenvalue weighted by Crippen LogP contribution is 2.20. The standard InChI is InChI=1S/C17H13F4N5O2/c18-14-6-5-13(26-10-22-24-25-26)7-15(14)23-16(27)12-3-1-11(2-4-12)8-28-9-17(19,20)21/h1-7,10H,8-9H2,(H,23,27). The van der Waals surface area contributed by atoms with Crippen LogP contribution in [0.4, 0.5) is 23.2 Å². The predicted molar refractivity (Wildman–Crippen MR) is 89.2 cm³/mol. The van der Waals surface area contributed by atoms with Gasteiger partial charge < -0.3 is 10.1 Å². The van der Waals surface area contributed by atoms with Gasteiger partial charge in [0.1, 0.15) is 18.8 Å². The van der Waals surface area contributed by atoms with Gasteiger partial charge in [-0.3, -0.25) is 4.79 Å². The quantitative estimate of drug-likeness (QED) is 0.649. The summed E-state index contributed by atoms with van der Waals surface area (Å²) in [6.07, 6.45) is -3.08. The van der Waals surface area contributed by atoms with Gasteiger partial charge in [-0.25, -0.2) is 9.07 Å². The summed E-state index contributed by atoms with van der Waals surface area (Å²) in [5.41, 5.74) is 1.04. The molecule has 0 fully saturated rings. The number of nitrogens with one attached hydrogen (secondary N) is 1. The summed E-state index contributed by atoms with van der Waals surface area (Å²) in [5.74, 6) is -1.24. The Morgan fingerprint density at radius 1 is 1.14 bits per heavy atom. The molecule has 0 aliphatic heterocycles. The zero-order chi connectivity index (χ0) is 20.1. The van der Waals surface area contributed by atoms with Gasteiger partial charge >= 0.3 is 6.18 Å². The minimum Gasteiger partial charge on any atom is -0.367 e. The molecule has 0 saturated heterocycles. The summed E-state index contributed by atoms with van der Waals surface area (Å²) in [7, 11) is 0. The molecule has 1 N–H and O–H groups in total. The summed E-state index contributed by atoms with van der Waals surface area (Å²) >= 11 is 0. The van der Waals surface area contributed by atoms with Crippen molar-refractivity contribution in [1.82, 2.24) is 20.2 Å². The van der Waals surface area contributed by atoms with E-state index in [4.69, 9.17) is 0 Å². The Hall–Kier alpha value is -3.34. The number of ether oxygens (including phenoxy) is 1. The summed E-state index contributed by atoms with van der Waals surface area (Å²) < 4.78 is 56.0. The SMILES string of the molecule is O=C(Nc1cc(-n2cnnn2)ccc1F)c1ccc(COCC(F)(F)F)cc1. The van der Waals surface area contributed by atoms with Gasteiger partial charge in [-0.05, 0) is 46.3 Å². The third kappa shape index (κ3) is 5.10. The van der Waals surface area contributed by atoms with Crippen LogP contribution in [0.25, 0.3) is 5.69 Å². The van der Waals surface area contributed by atoms with Crippen LogP contribution in [-0.4, -0.2) is 38.9 Å². The van der Waals surface area contributed by atoms with Gasteiger partial charge in [0.2, 0.25) is 0 Å². The lowest BCUT2D eigenvalue weighted by Gasteiger charge is -2.10. The third-order valence-corrected chi connectivity index (χ3v) is 3.56. The maximum absolute atomic E-state index is 14.0. The molecule has 0 spiro atoms. The van der Waals surface area contributed by atoms with E-state index in [1.54, 1.807) is 0 Å². The number of anilines is 1. The number of nitrogens with zero attached hydrogens (tertiary/aromatic N) is 4. The largest absolute Gasteiger partial charge is 0.411 e. The molecule has 7 nitrogen and oxygen atoms in total. The molecule has 0 unspecified atom stereocenters. The average molecular weight is 395 g/mol. The van der Waals surface area contributed by atoms with E-state index >= 15 is 0 Å². The van der Waals surface area contributed by atoms with Crippen molar-refractivity contribution in [1.29, 1.82) is 0 Å². The number of halogens is 4. The van der Waals surface area contributed by atoms with Crippen LogP contribution < -0.4 is 5.32 Å². The first-order valence-electron chi connectivity index (χ1n) is 7.89. The minimum atomic E-state index is -4.40. The Morgan fingerprint density at radius 3 is 2.54 bits per heavy atom. The van der Waals surface area contributed by atoms with Gasteiger partial charge in [0, 0.05) is 5.56 Å². The highest BCUT2D eigenvalue weighted by atomic mass is 19.4. The molecule has 3 rings (SSSR count). The first-order chi connectivity index (χ1) is 13.3. The van der Waals surface area contributed by atoms with Crippen LogP contribution in [0.1, 0.15) is 15.9 Å². The number of carbonyl (C=O) groups excluding carboxylic acids is 1. The summed E-state index contributed by atoms with van der Waals surface area (Å²) in [6, 6.07) is 9.70. The lowest BCUT2D eigenvalue weighted by molar-refractivity contribution is -0.176.